The molecule has 1 rings (SSSR count). The molecule has 0 aliphatic carbocycles. The maximum absolute atomic E-state index is 9.52. The Bertz CT molecular complexity index is 159. The first kappa shape index (κ1) is 12.9. The molecule has 15 heavy (non-hydrogen) atoms. The number of hydrogen-bond acceptors (Lipinski definition) is 4. The van der Waals surface area contributed by atoms with Crippen LogP contribution in [0, 0.1) is 5.92 Å². The van der Waals surface area contributed by atoms with E-state index in [0.29, 0.717) is 0 Å². The van der Waals surface area contributed by atoms with Gasteiger partial charge in [-0.3, -0.25) is 10.2 Å². The molecule has 0 aromatic carbocycles. The summed E-state index contributed by atoms with van der Waals surface area (Å²) in [5, 5.41) is 12.6. The predicted molar refractivity (Wildman–Crippen MR) is 60.7 cm³/mol. The van der Waals surface area contributed by atoms with Crippen LogP contribution in [-0.2, 0) is 4.74 Å². The second-order valence-electron chi connectivity index (χ2n) is 4.45. The Hall–Kier alpha value is -0.160. The third-order valence-corrected chi connectivity index (χ3v) is 2.74. The van der Waals surface area contributed by atoms with Gasteiger partial charge in [-0.1, -0.05) is 13.8 Å². The third-order valence-electron chi connectivity index (χ3n) is 2.74. The fourth-order valence-corrected chi connectivity index (χ4v) is 1.61. The first-order chi connectivity index (χ1) is 7.20. The first-order valence-corrected chi connectivity index (χ1v) is 5.91. The van der Waals surface area contributed by atoms with Crippen LogP contribution in [0.4, 0.5) is 0 Å². The Morgan fingerprint density at radius 1 is 1.33 bits per heavy atom. The van der Waals surface area contributed by atoms with E-state index in [1.807, 2.05) is 13.8 Å². The lowest BCUT2D eigenvalue weighted by Crippen LogP contribution is -2.39. The number of hydrogen-bond donors (Lipinski definition) is 2. The zero-order valence-corrected chi connectivity index (χ0v) is 9.91. The van der Waals surface area contributed by atoms with E-state index in [2.05, 4.69) is 10.2 Å². The first-order valence-electron chi connectivity index (χ1n) is 5.91. The van der Waals surface area contributed by atoms with Gasteiger partial charge in [-0.2, -0.15) is 0 Å². The van der Waals surface area contributed by atoms with Crippen LogP contribution in [0.3, 0.4) is 0 Å². The van der Waals surface area contributed by atoms with Gasteiger partial charge in [0.05, 0.1) is 13.2 Å². The van der Waals surface area contributed by atoms with Crippen molar-refractivity contribution < 1.29 is 9.84 Å². The molecule has 0 amide bonds. The van der Waals surface area contributed by atoms with Gasteiger partial charge in [-0.25, -0.2) is 0 Å². The molecule has 4 heteroatoms. The van der Waals surface area contributed by atoms with Crippen molar-refractivity contribution in [2.75, 3.05) is 39.4 Å². The average Bonchev–Trinajstić information content (AvgIpc) is 2.25. The van der Waals surface area contributed by atoms with Crippen molar-refractivity contribution in [1.82, 2.24) is 10.2 Å². The molecule has 1 saturated heterocycles. The Morgan fingerprint density at radius 2 is 2.00 bits per heavy atom. The molecular weight excluding hydrogens is 192 g/mol. The number of rotatable bonds is 6. The van der Waals surface area contributed by atoms with Gasteiger partial charge in [-0.05, 0) is 25.4 Å². The molecule has 1 atom stereocenters. The number of aliphatic hydroxyl groups is 1. The molecule has 1 heterocycles. The summed E-state index contributed by atoms with van der Waals surface area (Å²) in [5.41, 5.74) is 0. The van der Waals surface area contributed by atoms with Gasteiger partial charge in [0.2, 0.25) is 0 Å². The number of nitrogens with zero attached hydrogens (tertiary/aromatic N) is 1. The highest BCUT2D eigenvalue weighted by Gasteiger charge is 2.10. The minimum atomic E-state index is -0.366. The summed E-state index contributed by atoms with van der Waals surface area (Å²) in [6.45, 7) is 9.83. The molecule has 0 bridgehead atoms. The molecule has 0 aromatic heterocycles. The smallest absolute Gasteiger partial charge is 0.107 e. The SMILES string of the molecule is CC(C)C(O)NCCCN1CCOCC1. The second-order valence-corrected chi connectivity index (χ2v) is 4.45. The maximum atomic E-state index is 9.52. The molecule has 1 aliphatic rings. The molecule has 0 spiro atoms. The fraction of sp³-hybridized carbons (Fsp3) is 1.00. The lowest BCUT2D eigenvalue weighted by Gasteiger charge is -2.26. The van der Waals surface area contributed by atoms with Crippen LogP contribution in [0.1, 0.15) is 20.3 Å². The van der Waals surface area contributed by atoms with E-state index in [4.69, 9.17) is 4.74 Å². The highest BCUT2D eigenvalue weighted by molar-refractivity contribution is 4.63. The molecule has 0 aromatic rings. The highest BCUT2D eigenvalue weighted by Crippen LogP contribution is 1.99. The van der Waals surface area contributed by atoms with Crippen molar-refractivity contribution in [1.29, 1.82) is 0 Å². The summed E-state index contributed by atoms with van der Waals surface area (Å²) in [4.78, 5) is 2.41. The van der Waals surface area contributed by atoms with Crippen LogP contribution >= 0.6 is 0 Å². The van der Waals surface area contributed by atoms with E-state index in [-0.39, 0.29) is 12.1 Å². The Morgan fingerprint density at radius 3 is 2.60 bits per heavy atom. The molecule has 0 saturated carbocycles. The van der Waals surface area contributed by atoms with Gasteiger partial charge in [0.1, 0.15) is 6.23 Å². The summed E-state index contributed by atoms with van der Waals surface area (Å²) in [6, 6.07) is 0. The molecule has 0 radical (unpaired) electrons. The van der Waals surface area contributed by atoms with Gasteiger partial charge in [0.15, 0.2) is 0 Å². The number of nitrogens with one attached hydrogen (secondary N) is 1. The quantitative estimate of drug-likeness (QED) is 0.494. The van der Waals surface area contributed by atoms with E-state index < -0.39 is 0 Å². The van der Waals surface area contributed by atoms with E-state index >= 15 is 0 Å². The van der Waals surface area contributed by atoms with Crippen LogP contribution in [0.2, 0.25) is 0 Å². The van der Waals surface area contributed by atoms with Crippen molar-refractivity contribution >= 4 is 0 Å². The van der Waals surface area contributed by atoms with E-state index in [0.717, 1.165) is 45.8 Å². The van der Waals surface area contributed by atoms with Crippen LogP contribution < -0.4 is 5.32 Å². The Balaban J connectivity index is 1.96. The van der Waals surface area contributed by atoms with Crippen molar-refractivity contribution in [2.24, 2.45) is 5.92 Å². The third kappa shape index (κ3) is 5.47. The topological polar surface area (TPSA) is 44.7 Å². The highest BCUT2D eigenvalue weighted by atomic mass is 16.5. The minimum Gasteiger partial charge on any atom is -0.379 e. The fourth-order valence-electron chi connectivity index (χ4n) is 1.61. The zero-order valence-electron chi connectivity index (χ0n) is 9.91. The van der Waals surface area contributed by atoms with Crippen LogP contribution in [-0.4, -0.2) is 55.6 Å². The molecule has 1 unspecified atom stereocenters. The summed E-state index contributed by atoms with van der Waals surface area (Å²) in [5.74, 6) is 0.286. The molecule has 4 nitrogen and oxygen atoms in total. The molecule has 2 N–H and O–H groups in total. The van der Waals surface area contributed by atoms with Gasteiger partial charge in [-0.15, -0.1) is 0 Å². The summed E-state index contributed by atoms with van der Waals surface area (Å²) in [7, 11) is 0. The Labute approximate surface area is 92.6 Å². The van der Waals surface area contributed by atoms with Crippen molar-refractivity contribution in [3.63, 3.8) is 0 Å². The van der Waals surface area contributed by atoms with Gasteiger partial charge in [0, 0.05) is 13.1 Å². The van der Waals surface area contributed by atoms with Crippen molar-refractivity contribution in [2.45, 2.75) is 26.5 Å². The summed E-state index contributed by atoms with van der Waals surface area (Å²) >= 11 is 0. The number of morpholine rings is 1. The predicted octanol–water partition coefficient (Wildman–Crippen LogP) is 0.273. The van der Waals surface area contributed by atoms with Crippen molar-refractivity contribution in [3.8, 4) is 0 Å². The lowest BCUT2D eigenvalue weighted by atomic mass is 10.2. The summed E-state index contributed by atoms with van der Waals surface area (Å²) in [6.07, 6.45) is 0.721. The van der Waals surface area contributed by atoms with E-state index in [1.54, 1.807) is 0 Å². The van der Waals surface area contributed by atoms with Gasteiger partial charge >= 0.3 is 0 Å². The lowest BCUT2D eigenvalue weighted by molar-refractivity contribution is 0.0359. The van der Waals surface area contributed by atoms with Crippen molar-refractivity contribution in [3.05, 3.63) is 0 Å². The monoisotopic (exact) mass is 216 g/mol. The van der Waals surface area contributed by atoms with E-state index in [1.165, 1.54) is 0 Å². The zero-order chi connectivity index (χ0) is 11.1. The van der Waals surface area contributed by atoms with Crippen LogP contribution in [0.15, 0.2) is 0 Å². The van der Waals surface area contributed by atoms with Gasteiger partial charge in [0.25, 0.3) is 0 Å². The Kier molecular flexibility index (Phi) is 6.17. The number of ether oxygens (including phenoxy) is 1. The van der Waals surface area contributed by atoms with Gasteiger partial charge < -0.3 is 9.84 Å². The van der Waals surface area contributed by atoms with Crippen LogP contribution in [0.5, 0.6) is 0 Å². The largest absolute Gasteiger partial charge is 0.379 e. The number of aliphatic hydroxyl groups excluding tert-OH is 1. The normalized spacial score (nSPS) is 20.8. The molecule has 1 fully saturated rings. The van der Waals surface area contributed by atoms with Crippen LogP contribution in [0.25, 0.3) is 0 Å². The molecular formula is C11H24N2O2. The molecule has 90 valence electrons. The maximum Gasteiger partial charge on any atom is 0.107 e. The molecule has 1 aliphatic heterocycles. The second kappa shape index (κ2) is 7.17. The standard InChI is InChI=1S/C11H24N2O2/c1-10(2)11(14)12-4-3-5-13-6-8-15-9-7-13/h10-12,14H,3-9H2,1-2H3. The average molecular weight is 216 g/mol. The summed E-state index contributed by atoms with van der Waals surface area (Å²) < 4.78 is 5.28. The minimum absolute atomic E-state index is 0.286. The van der Waals surface area contributed by atoms with E-state index in [9.17, 15) is 5.11 Å².